The summed E-state index contributed by atoms with van der Waals surface area (Å²) in [7, 11) is 0. The molecule has 0 aliphatic rings. The molecule has 0 saturated heterocycles. The third kappa shape index (κ3) is 1.54. The van der Waals surface area contributed by atoms with E-state index in [1.807, 2.05) is 11.6 Å². The van der Waals surface area contributed by atoms with E-state index >= 15 is 0 Å². The molecular formula is C6H5IOS2. The van der Waals surface area contributed by atoms with Gasteiger partial charge in [-0.2, -0.15) is 0 Å². The largest absolute Gasteiger partial charge is 0.297 e. The molecule has 0 amide bonds. The maximum absolute atomic E-state index is 10.4. The molecule has 0 spiro atoms. The fourth-order valence-electron chi connectivity index (χ4n) is 0.619. The Kier molecular flexibility index (Phi) is 3.19. The Morgan fingerprint density at radius 2 is 2.50 bits per heavy atom. The van der Waals surface area contributed by atoms with Crippen LogP contribution >= 0.6 is 45.7 Å². The van der Waals surface area contributed by atoms with Gasteiger partial charge in [0.25, 0.3) is 0 Å². The first kappa shape index (κ1) is 8.55. The molecule has 0 saturated carbocycles. The van der Waals surface area contributed by atoms with Crippen molar-refractivity contribution in [2.75, 3.05) is 6.26 Å². The van der Waals surface area contributed by atoms with Gasteiger partial charge in [0.2, 0.25) is 0 Å². The highest BCUT2D eigenvalue weighted by Gasteiger charge is 2.06. The van der Waals surface area contributed by atoms with E-state index in [0.29, 0.717) is 0 Å². The van der Waals surface area contributed by atoms with E-state index in [4.69, 9.17) is 0 Å². The third-order valence-corrected chi connectivity index (χ3v) is 4.57. The SMILES string of the molecule is CSc1c(I)csc1C=O. The van der Waals surface area contributed by atoms with Crippen LogP contribution in [0.15, 0.2) is 10.3 Å². The minimum atomic E-state index is 0.844. The fraction of sp³-hybridized carbons (Fsp3) is 0.167. The number of carbonyl (C=O) groups is 1. The Labute approximate surface area is 81.3 Å². The molecule has 1 aromatic heterocycles. The summed E-state index contributed by atoms with van der Waals surface area (Å²) in [6, 6.07) is 0. The van der Waals surface area contributed by atoms with Crippen LogP contribution in [0, 0.1) is 3.57 Å². The molecular weight excluding hydrogens is 279 g/mol. The van der Waals surface area contributed by atoms with Gasteiger partial charge in [0, 0.05) is 13.8 Å². The first-order chi connectivity index (χ1) is 4.79. The van der Waals surface area contributed by atoms with Crippen LogP contribution in [0.1, 0.15) is 9.67 Å². The lowest BCUT2D eigenvalue weighted by atomic mass is 10.5. The normalized spacial score (nSPS) is 9.80. The highest BCUT2D eigenvalue weighted by Crippen LogP contribution is 2.30. The van der Waals surface area contributed by atoms with E-state index in [-0.39, 0.29) is 0 Å². The van der Waals surface area contributed by atoms with Crippen molar-refractivity contribution in [3.8, 4) is 0 Å². The minimum Gasteiger partial charge on any atom is -0.297 e. The number of carbonyl (C=O) groups excluding carboxylic acids is 1. The molecule has 0 unspecified atom stereocenters. The number of aldehydes is 1. The zero-order valence-electron chi connectivity index (χ0n) is 5.26. The van der Waals surface area contributed by atoms with E-state index in [0.717, 1.165) is 16.1 Å². The molecule has 1 aromatic rings. The number of thioether (sulfide) groups is 1. The monoisotopic (exact) mass is 284 g/mol. The maximum atomic E-state index is 10.4. The van der Waals surface area contributed by atoms with E-state index in [1.165, 1.54) is 14.9 Å². The number of hydrogen-bond donors (Lipinski definition) is 0. The standard InChI is InChI=1S/C6H5IOS2/c1-9-6-4(7)3-10-5(6)2-8/h2-3H,1H3. The molecule has 0 radical (unpaired) electrons. The smallest absolute Gasteiger partial charge is 0.161 e. The van der Waals surface area contributed by atoms with Gasteiger partial charge in [-0.05, 0) is 28.8 Å². The number of hydrogen-bond acceptors (Lipinski definition) is 3. The Bertz CT molecular complexity index is 244. The number of thiophene rings is 1. The molecule has 0 atom stereocenters. The van der Waals surface area contributed by atoms with Crippen molar-refractivity contribution < 1.29 is 4.79 Å². The molecule has 4 heteroatoms. The molecule has 0 fully saturated rings. The van der Waals surface area contributed by atoms with Gasteiger partial charge in [-0.1, -0.05) is 0 Å². The van der Waals surface area contributed by atoms with Gasteiger partial charge in [-0.25, -0.2) is 0 Å². The van der Waals surface area contributed by atoms with Gasteiger partial charge in [0.1, 0.15) is 0 Å². The molecule has 0 aliphatic heterocycles. The van der Waals surface area contributed by atoms with Gasteiger partial charge in [0.15, 0.2) is 6.29 Å². The molecule has 1 nitrogen and oxygen atoms in total. The Balaban J connectivity index is 3.12. The van der Waals surface area contributed by atoms with E-state index < -0.39 is 0 Å². The predicted octanol–water partition coefficient (Wildman–Crippen LogP) is 2.89. The highest BCUT2D eigenvalue weighted by atomic mass is 127. The van der Waals surface area contributed by atoms with Gasteiger partial charge < -0.3 is 0 Å². The summed E-state index contributed by atoms with van der Waals surface area (Å²) in [4.78, 5) is 12.3. The molecule has 1 rings (SSSR count). The lowest BCUT2D eigenvalue weighted by Gasteiger charge is -1.90. The van der Waals surface area contributed by atoms with Crippen molar-refractivity contribution in [2.24, 2.45) is 0 Å². The average molecular weight is 284 g/mol. The van der Waals surface area contributed by atoms with E-state index in [1.54, 1.807) is 11.8 Å². The van der Waals surface area contributed by atoms with Crippen LogP contribution < -0.4 is 0 Å². The summed E-state index contributed by atoms with van der Waals surface area (Å²) in [5.74, 6) is 0. The second kappa shape index (κ2) is 3.73. The molecule has 0 aromatic carbocycles. The van der Waals surface area contributed by atoms with Crippen LogP contribution in [0.3, 0.4) is 0 Å². The van der Waals surface area contributed by atoms with Crippen molar-refractivity contribution in [3.63, 3.8) is 0 Å². The molecule has 10 heavy (non-hydrogen) atoms. The van der Waals surface area contributed by atoms with Crippen LogP contribution in [-0.2, 0) is 0 Å². The maximum Gasteiger partial charge on any atom is 0.161 e. The summed E-state index contributed by atoms with van der Waals surface area (Å²) < 4.78 is 1.18. The second-order valence-corrected chi connectivity index (χ2v) is 4.49. The summed E-state index contributed by atoms with van der Waals surface area (Å²) >= 11 is 5.36. The topological polar surface area (TPSA) is 17.1 Å². The summed E-state index contributed by atoms with van der Waals surface area (Å²) in [5.41, 5.74) is 0. The third-order valence-electron chi connectivity index (χ3n) is 1.04. The zero-order valence-corrected chi connectivity index (χ0v) is 9.05. The van der Waals surface area contributed by atoms with Crippen molar-refractivity contribution in [1.82, 2.24) is 0 Å². The lowest BCUT2D eigenvalue weighted by molar-refractivity contribution is 0.112. The lowest BCUT2D eigenvalue weighted by Crippen LogP contribution is -1.75. The molecule has 54 valence electrons. The summed E-state index contributed by atoms with van der Waals surface area (Å²) in [6.45, 7) is 0. The van der Waals surface area contributed by atoms with Crippen LogP contribution in [-0.4, -0.2) is 12.5 Å². The highest BCUT2D eigenvalue weighted by molar-refractivity contribution is 14.1. The Morgan fingerprint density at radius 3 is 2.90 bits per heavy atom. The van der Waals surface area contributed by atoms with Crippen LogP contribution in [0.2, 0.25) is 0 Å². The van der Waals surface area contributed by atoms with Crippen molar-refractivity contribution in [3.05, 3.63) is 13.8 Å². The molecule has 0 N–H and O–H groups in total. The van der Waals surface area contributed by atoms with Gasteiger partial charge in [-0.3, -0.25) is 4.79 Å². The molecule has 1 heterocycles. The van der Waals surface area contributed by atoms with Crippen LogP contribution in [0.5, 0.6) is 0 Å². The average Bonchev–Trinajstić information content (AvgIpc) is 2.30. The first-order valence-corrected chi connectivity index (χ1v) is 5.74. The van der Waals surface area contributed by atoms with E-state index in [2.05, 4.69) is 22.6 Å². The Morgan fingerprint density at radius 1 is 1.80 bits per heavy atom. The van der Waals surface area contributed by atoms with Crippen LogP contribution in [0.4, 0.5) is 0 Å². The second-order valence-electron chi connectivity index (χ2n) is 1.60. The minimum absolute atomic E-state index is 0.844. The molecule has 0 aliphatic carbocycles. The van der Waals surface area contributed by atoms with Crippen molar-refractivity contribution >= 4 is 52.0 Å². The summed E-state index contributed by atoms with van der Waals surface area (Å²) in [6.07, 6.45) is 2.90. The van der Waals surface area contributed by atoms with Gasteiger partial charge in [-0.15, -0.1) is 23.1 Å². The summed E-state index contributed by atoms with van der Waals surface area (Å²) in [5, 5.41) is 2.00. The van der Waals surface area contributed by atoms with Crippen molar-refractivity contribution in [2.45, 2.75) is 4.90 Å². The predicted molar refractivity (Wildman–Crippen MR) is 54.2 cm³/mol. The number of rotatable bonds is 2. The first-order valence-electron chi connectivity index (χ1n) is 2.55. The Hall–Kier alpha value is 0.450. The quantitative estimate of drug-likeness (QED) is 0.472. The zero-order chi connectivity index (χ0) is 7.56. The van der Waals surface area contributed by atoms with Crippen LogP contribution in [0.25, 0.3) is 0 Å². The molecule has 0 bridgehead atoms. The van der Waals surface area contributed by atoms with E-state index in [9.17, 15) is 4.79 Å². The van der Waals surface area contributed by atoms with Gasteiger partial charge >= 0.3 is 0 Å². The fourth-order valence-corrected chi connectivity index (χ4v) is 3.73. The number of halogens is 1. The van der Waals surface area contributed by atoms with Gasteiger partial charge in [0.05, 0.1) is 4.88 Å². The van der Waals surface area contributed by atoms with Crippen molar-refractivity contribution in [1.29, 1.82) is 0 Å².